The van der Waals surface area contributed by atoms with Gasteiger partial charge in [-0.3, -0.25) is 20.4 Å². The number of amides is 2. The number of benzene rings is 1. The van der Waals surface area contributed by atoms with Crippen molar-refractivity contribution in [3.63, 3.8) is 0 Å². The molecule has 3 rings (SSSR count). The van der Waals surface area contributed by atoms with Gasteiger partial charge in [0.2, 0.25) is 0 Å². The van der Waals surface area contributed by atoms with Crippen LogP contribution in [-0.2, 0) is 12.8 Å². The van der Waals surface area contributed by atoms with Crippen molar-refractivity contribution in [2.75, 3.05) is 19.0 Å². The summed E-state index contributed by atoms with van der Waals surface area (Å²) in [6.45, 7) is 0. The number of aryl methyl sites for hydroxylation is 2. The van der Waals surface area contributed by atoms with Crippen LogP contribution < -0.4 is 15.8 Å². The second-order valence-electron chi connectivity index (χ2n) is 6.59. The summed E-state index contributed by atoms with van der Waals surface area (Å²) in [7, 11) is 3.45. The lowest BCUT2D eigenvalue weighted by molar-refractivity contribution is 0.0848. The van der Waals surface area contributed by atoms with Crippen LogP contribution in [0, 0.1) is 5.82 Å². The number of hydrogen-bond donors (Lipinski definition) is 2. The van der Waals surface area contributed by atoms with Gasteiger partial charge in [-0.05, 0) is 55.5 Å². The average Bonchev–Trinajstić information content (AvgIpc) is 2.89. The van der Waals surface area contributed by atoms with E-state index in [1.807, 2.05) is 6.07 Å². The Hall–Kier alpha value is -2.41. The zero-order valence-corrected chi connectivity index (χ0v) is 15.7. The Balaban J connectivity index is 1.62. The van der Waals surface area contributed by atoms with E-state index in [2.05, 4.69) is 10.9 Å². The van der Waals surface area contributed by atoms with Crippen molar-refractivity contribution >= 4 is 28.8 Å². The summed E-state index contributed by atoms with van der Waals surface area (Å²) in [5.41, 5.74) is 6.56. The van der Waals surface area contributed by atoms with Crippen molar-refractivity contribution in [2.24, 2.45) is 0 Å². The van der Waals surface area contributed by atoms with Crippen LogP contribution in [-0.4, -0.2) is 25.9 Å². The molecule has 0 radical (unpaired) electrons. The highest BCUT2D eigenvalue weighted by Crippen LogP contribution is 2.28. The van der Waals surface area contributed by atoms with Gasteiger partial charge in [0.15, 0.2) is 0 Å². The number of hydrazine groups is 1. The number of thiophene rings is 1. The molecule has 2 N–H and O–H groups in total. The summed E-state index contributed by atoms with van der Waals surface area (Å²) in [4.78, 5) is 27.9. The zero-order chi connectivity index (χ0) is 18.7. The number of halogens is 1. The molecule has 0 saturated heterocycles. The predicted molar refractivity (Wildman–Crippen MR) is 101 cm³/mol. The van der Waals surface area contributed by atoms with E-state index in [9.17, 15) is 14.0 Å². The van der Waals surface area contributed by atoms with Crippen LogP contribution in [0.15, 0.2) is 24.3 Å². The molecule has 0 atom stereocenters. The molecule has 1 aliphatic rings. The first-order chi connectivity index (χ1) is 12.5. The Kier molecular flexibility index (Phi) is 5.56. The van der Waals surface area contributed by atoms with Gasteiger partial charge in [0.05, 0.1) is 10.6 Å². The molecule has 0 spiro atoms. The molecule has 1 heterocycles. The van der Waals surface area contributed by atoms with E-state index in [0.717, 1.165) is 31.7 Å². The molecule has 138 valence electrons. The smallest absolute Gasteiger partial charge is 0.279 e. The Morgan fingerprint density at radius 1 is 1.04 bits per heavy atom. The fourth-order valence-corrected chi connectivity index (χ4v) is 4.19. The number of anilines is 1. The SMILES string of the molecule is CN(C)c1ccc(C(=O)NNC(=O)c2cc3c(s2)CCCCC3)cc1F. The lowest BCUT2D eigenvalue weighted by Crippen LogP contribution is -2.41. The van der Waals surface area contributed by atoms with Crippen LogP contribution in [0.3, 0.4) is 0 Å². The molecule has 1 aliphatic carbocycles. The van der Waals surface area contributed by atoms with Crippen LogP contribution in [0.1, 0.15) is 49.7 Å². The molecule has 7 heteroatoms. The van der Waals surface area contributed by atoms with Crippen LogP contribution in [0.4, 0.5) is 10.1 Å². The maximum absolute atomic E-state index is 14.0. The van der Waals surface area contributed by atoms with E-state index in [-0.39, 0.29) is 11.5 Å². The molecule has 2 amide bonds. The average molecular weight is 375 g/mol. The minimum atomic E-state index is -0.555. The predicted octanol–water partition coefficient (Wildman–Crippen LogP) is 3.30. The van der Waals surface area contributed by atoms with Crippen molar-refractivity contribution < 1.29 is 14.0 Å². The fraction of sp³-hybridized carbons (Fsp3) is 0.368. The topological polar surface area (TPSA) is 61.4 Å². The van der Waals surface area contributed by atoms with E-state index in [0.29, 0.717) is 10.6 Å². The molecule has 5 nitrogen and oxygen atoms in total. The minimum Gasteiger partial charge on any atom is -0.375 e. The maximum atomic E-state index is 14.0. The van der Waals surface area contributed by atoms with Crippen molar-refractivity contribution in [1.29, 1.82) is 0 Å². The van der Waals surface area contributed by atoms with Crippen LogP contribution in [0.5, 0.6) is 0 Å². The number of carbonyl (C=O) groups excluding carboxylic acids is 2. The lowest BCUT2D eigenvalue weighted by atomic mass is 10.1. The fourth-order valence-electron chi connectivity index (χ4n) is 3.04. The van der Waals surface area contributed by atoms with Gasteiger partial charge in [0, 0.05) is 24.5 Å². The molecule has 0 unspecified atom stereocenters. The van der Waals surface area contributed by atoms with E-state index in [4.69, 9.17) is 0 Å². The molecule has 0 saturated carbocycles. The monoisotopic (exact) mass is 375 g/mol. The van der Waals surface area contributed by atoms with Crippen molar-refractivity contribution in [3.05, 3.63) is 51.0 Å². The normalized spacial score (nSPS) is 13.5. The first-order valence-corrected chi connectivity index (χ1v) is 9.46. The molecule has 0 fully saturated rings. The highest BCUT2D eigenvalue weighted by Gasteiger charge is 2.17. The number of carbonyl (C=O) groups is 2. The third-order valence-electron chi connectivity index (χ3n) is 4.45. The number of nitrogens with zero attached hydrogens (tertiary/aromatic N) is 1. The summed E-state index contributed by atoms with van der Waals surface area (Å²) < 4.78 is 14.0. The number of nitrogens with one attached hydrogen (secondary N) is 2. The van der Waals surface area contributed by atoms with Crippen molar-refractivity contribution in [1.82, 2.24) is 10.9 Å². The standard InChI is InChI=1S/C19H22FN3O2S/c1-23(2)15-9-8-13(10-14(15)20)18(24)21-22-19(25)17-11-12-6-4-3-5-7-16(12)26-17/h8-11H,3-7H2,1-2H3,(H,21,24)(H,22,25). The van der Waals surface area contributed by atoms with Gasteiger partial charge in [-0.2, -0.15) is 0 Å². The minimum absolute atomic E-state index is 0.148. The second-order valence-corrected chi connectivity index (χ2v) is 7.73. The van der Waals surface area contributed by atoms with Gasteiger partial charge in [-0.15, -0.1) is 11.3 Å². The first kappa shape index (κ1) is 18.4. The van der Waals surface area contributed by atoms with Gasteiger partial charge >= 0.3 is 0 Å². The Morgan fingerprint density at radius 2 is 1.77 bits per heavy atom. The van der Waals surface area contributed by atoms with Crippen LogP contribution >= 0.6 is 11.3 Å². The van der Waals surface area contributed by atoms with Crippen LogP contribution in [0.25, 0.3) is 0 Å². The molecule has 0 bridgehead atoms. The summed E-state index contributed by atoms with van der Waals surface area (Å²) in [6, 6.07) is 6.12. The third-order valence-corrected chi connectivity index (χ3v) is 5.69. The molecule has 1 aromatic carbocycles. The third kappa shape index (κ3) is 4.04. The number of hydrogen-bond acceptors (Lipinski definition) is 4. The zero-order valence-electron chi connectivity index (χ0n) is 14.9. The first-order valence-electron chi connectivity index (χ1n) is 8.65. The molecular weight excluding hydrogens is 353 g/mol. The van der Waals surface area contributed by atoms with Gasteiger partial charge in [-0.1, -0.05) is 6.42 Å². The number of rotatable bonds is 3. The lowest BCUT2D eigenvalue weighted by Gasteiger charge is -2.14. The summed E-state index contributed by atoms with van der Waals surface area (Å²) in [6.07, 6.45) is 5.54. The van der Waals surface area contributed by atoms with Crippen molar-refractivity contribution in [3.8, 4) is 0 Å². The molecule has 1 aromatic heterocycles. The van der Waals surface area contributed by atoms with E-state index < -0.39 is 11.7 Å². The van der Waals surface area contributed by atoms with Crippen molar-refractivity contribution in [2.45, 2.75) is 32.1 Å². The van der Waals surface area contributed by atoms with Gasteiger partial charge < -0.3 is 4.90 Å². The summed E-state index contributed by atoms with van der Waals surface area (Å²) in [5.74, 6) is -1.39. The van der Waals surface area contributed by atoms with Gasteiger partial charge in [0.25, 0.3) is 11.8 Å². The molecule has 0 aliphatic heterocycles. The van der Waals surface area contributed by atoms with E-state index in [1.54, 1.807) is 19.0 Å². The van der Waals surface area contributed by atoms with E-state index >= 15 is 0 Å². The van der Waals surface area contributed by atoms with Gasteiger partial charge in [0.1, 0.15) is 5.82 Å². The Bertz CT molecular complexity index is 809. The van der Waals surface area contributed by atoms with Gasteiger partial charge in [-0.25, -0.2) is 4.39 Å². The molecule has 2 aromatic rings. The maximum Gasteiger partial charge on any atom is 0.279 e. The van der Waals surface area contributed by atoms with Crippen LogP contribution in [0.2, 0.25) is 0 Å². The molecule has 26 heavy (non-hydrogen) atoms. The summed E-state index contributed by atoms with van der Waals surface area (Å²) in [5, 5.41) is 0. The molecular formula is C19H22FN3O2S. The highest BCUT2D eigenvalue weighted by atomic mass is 32.1. The van der Waals surface area contributed by atoms with E-state index in [1.165, 1.54) is 40.3 Å². The summed E-state index contributed by atoms with van der Waals surface area (Å²) >= 11 is 1.48. The number of fused-ring (bicyclic) bond motifs is 1. The Morgan fingerprint density at radius 3 is 2.50 bits per heavy atom. The quantitative estimate of drug-likeness (QED) is 0.639. The Labute approximate surface area is 156 Å². The highest BCUT2D eigenvalue weighted by molar-refractivity contribution is 7.14. The largest absolute Gasteiger partial charge is 0.375 e. The second kappa shape index (κ2) is 7.86.